The number of benzene rings is 2. The Bertz CT molecular complexity index is 948. The van der Waals surface area contributed by atoms with Gasteiger partial charge in [0.05, 0.1) is 31.5 Å². The number of amides is 2. The Morgan fingerprint density at radius 1 is 1.06 bits per heavy atom. The smallest absolute Gasteiger partial charge is 0.682 e. The van der Waals surface area contributed by atoms with Gasteiger partial charge >= 0.3 is 57.4 Å². The number of urea groups is 1. The number of carbonyl (C=O) groups is 1. The molecular weight excluding hydrogens is 441 g/mol. The van der Waals surface area contributed by atoms with Crippen molar-refractivity contribution in [3.05, 3.63) is 51.8 Å². The van der Waals surface area contributed by atoms with Crippen LogP contribution in [0.5, 0.6) is 11.5 Å². The van der Waals surface area contributed by atoms with Gasteiger partial charge in [-0.25, -0.2) is 4.79 Å². The van der Waals surface area contributed by atoms with Crippen LogP contribution in [0.4, 0.5) is 16.2 Å². The number of nitrogens with one attached hydrogen (secondary N) is 1. The number of hydrogen-bond acceptors (Lipinski definition) is 3. The van der Waals surface area contributed by atoms with Crippen LogP contribution in [-0.2, 0) is 6.54 Å². The molecule has 0 saturated heterocycles. The predicted molar refractivity (Wildman–Crippen MR) is 119 cm³/mol. The fourth-order valence-electron chi connectivity index (χ4n) is 4.40. The van der Waals surface area contributed by atoms with Crippen LogP contribution in [0.15, 0.2) is 30.3 Å². The number of hydrogen-bond donors (Lipinski definition) is 1. The van der Waals surface area contributed by atoms with E-state index >= 15 is 0 Å². The Balaban J connectivity index is 0.00000272. The first kappa shape index (κ1) is 24.7. The van der Waals surface area contributed by atoms with E-state index < -0.39 is 0 Å². The van der Waals surface area contributed by atoms with Crippen LogP contribution < -0.4 is 66.2 Å². The van der Waals surface area contributed by atoms with Crippen molar-refractivity contribution in [2.24, 2.45) is 0 Å². The van der Waals surface area contributed by atoms with E-state index in [2.05, 4.69) is 12.2 Å². The molecule has 6 nitrogen and oxygen atoms in total. The van der Waals surface area contributed by atoms with E-state index in [1.54, 1.807) is 14.2 Å². The molecule has 0 aromatic heterocycles. The molecule has 160 valence electrons. The third-order valence-electron chi connectivity index (χ3n) is 6.12. The molecule has 1 aliphatic heterocycles. The zero-order valence-corrected chi connectivity index (χ0v) is 22.5. The molecule has 2 aromatic carbocycles. The molecule has 0 unspecified atom stereocenters. The molecular formula is C23H27ClKN3O3. The van der Waals surface area contributed by atoms with Crippen LogP contribution in [0.2, 0.25) is 5.02 Å². The number of nitrogens with zero attached hydrogens (tertiary/aromatic N) is 2. The summed E-state index contributed by atoms with van der Waals surface area (Å²) in [5, 5.41) is 8.47. The second kappa shape index (κ2) is 10.8. The maximum absolute atomic E-state index is 12.8. The first-order valence-electron chi connectivity index (χ1n) is 10.3. The molecule has 0 bridgehead atoms. The van der Waals surface area contributed by atoms with Crippen LogP contribution in [-0.4, -0.2) is 37.2 Å². The molecule has 0 spiro atoms. The fourth-order valence-corrected chi connectivity index (χ4v) is 4.65. The molecule has 2 aromatic rings. The maximum atomic E-state index is 12.8. The number of carbonyl (C=O) groups excluding carboxylic acids is 1. The van der Waals surface area contributed by atoms with E-state index in [9.17, 15) is 4.79 Å². The van der Waals surface area contributed by atoms with Gasteiger partial charge in [-0.2, -0.15) is 0 Å². The average Bonchev–Trinajstić information content (AvgIpc) is 2.75. The van der Waals surface area contributed by atoms with Gasteiger partial charge in [-0.3, -0.25) is 0 Å². The predicted octanol–water partition coefficient (Wildman–Crippen LogP) is 3.03. The van der Waals surface area contributed by atoms with Crippen molar-refractivity contribution in [1.82, 2.24) is 4.90 Å². The van der Waals surface area contributed by atoms with Gasteiger partial charge in [0, 0.05) is 11.6 Å². The summed E-state index contributed by atoms with van der Waals surface area (Å²) in [5.74, 6) is 1.37. The molecule has 31 heavy (non-hydrogen) atoms. The van der Waals surface area contributed by atoms with Crippen molar-refractivity contribution in [3.8, 4) is 11.5 Å². The SMILES string of the molecule is COc1ccc([N-]C2CCC(N3Cc4c(C)ccc(OC)c4NC3=O)CC2)cc1Cl.[K+]. The molecule has 8 heteroatoms. The normalized spacial score (nSPS) is 20.3. The van der Waals surface area contributed by atoms with Crippen molar-refractivity contribution in [2.45, 2.75) is 51.2 Å². The van der Waals surface area contributed by atoms with E-state index in [1.807, 2.05) is 35.2 Å². The van der Waals surface area contributed by atoms with E-state index in [4.69, 9.17) is 26.4 Å². The molecule has 0 atom stereocenters. The third-order valence-corrected chi connectivity index (χ3v) is 6.42. The van der Waals surface area contributed by atoms with Gasteiger partial charge in [0.15, 0.2) is 0 Å². The summed E-state index contributed by atoms with van der Waals surface area (Å²) >= 11 is 6.22. The molecule has 1 heterocycles. The van der Waals surface area contributed by atoms with Crippen LogP contribution >= 0.6 is 11.6 Å². The Hall–Kier alpha value is -0.964. The van der Waals surface area contributed by atoms with E-state index in [0.29, 0.717) is 23.1 Å². The Morgan fingerprint density at radius 2 is 1.74 bits per heavy atom. The Morgan fingerprint density at radius 3 is 2.39 bits per heavy atom. The largest absolute Gasteiger partial charge is 1.00 e. The second-order valence-electron chi connectivity index (χ2n) is 7.91. The number of fused-ring (bicyclic) bond motifs is 1. The van der Waals surface area contributed by atoms with Crippen LogP contribution in [0.3, 0.4) is 0 Å². The minimum atomic E-state index is -0.0475. The zero-order valence-electron chi connectivity index (χ0n) is 18.6. The molecule has 2 aliphatic rings. The summed E-state index contributed by atoms with van der Waals surface area (Å²) in [6.07, 6.45) is 3.76. The summed E-state index contributed by atoms with van der Waals surface area (Å²) in [4.78, 5) is 14.8. The molecule has 0 radical (unpaired) electrons. The van der Waals surface area contributed by atoms with Gasteiger partial charge in [0.2, 0.25) is 0 Å². The van der Waals surface area contributed by atoms with Gasteiger partial charge in [0.25, 0.3) is 0 Å². The number of anilines is 1. The van der Waals surface area contributed by atoms with E-state index in [0.717, 1.165) is 48.2 Å². The van der Waals surface area contributed by atoms with E-state index in [-0.39, 0.29) is 69.5 Å². The Kier molecular flexibility index (Phi) is 8.57. The number of ether oxygens (including phenoxy) is 2. The second-order valence-corrected chi connectivity index (χ2v) is 8.31. The van der Waals surface area contributed by atoms with Crippen molar-refractivity contribution in [2.75, 3.05) is 19.5 Å². The van der Waals surface area contributed by atoms with E-state index in [1.165, 1.54) is 0 Å². The van der Waals surface area contributed by atoms with Gasteiger partial charge in [-0.1, -0.05) is 42.6 Å². The molecule has 4 rings (SSSR count). The minimum absolute atomic E-state index is 0. The molecule has 2 amide bonds. The Labute approximate surface area is 231 Å². The summed E-state index contributed by atoms with van der Waals surface area (Å²) < 4.78 is 10.6. The quantitative estimate of drug-likeness (QED) is 0.687. The summed E-state index contributed by atoms with van der Waals surface area (Å²) in [7, 11) is 3.23. The molecule has 1 N–H and O–H groups in total. The monoisotopic (exact) mass is 467 g/mol. The van der Waals surface area contributed by atoms with Crippen LogP contribution in [0, 0.1) is 6.92 Å². The van der Waals surface area contributed by atoms with Crippen LogP contribution in [0.25, 0.3) is 5.32 Å². The number of halogens is 1. The average molecular weight is 468 g/mol. The molecule has 1 aliphatic carbocycles. The maximum Gasteiger partial charge on any atom is 1.00 e. The topological polar surface area (TPSA) is 64.9 Å². The van der Waals surface area contributed by atoms with Gasteiger partial charge in [-0.15, -0.1) is 11.7 Å². The van der Waals surface area contributed by atoms with Crippen molar-refractivity contribution < 1.29 is 65.7 Å². The number of rotatable bonds is 5. The molecule has 1 fully saturated rings. The number of methoxy groups -OCH3 is 2. The fraction of sp³-hybridized carbons (Fsp3) is 0.435. The van der Waals surface area contributed by atoms with Crippen molar-refractivity contribution in [3.63, 3.8) is 0 Å². The standard InChI is InChI=1S/C23H27ClN3O3.K/c1-14-4-10-21(30-3)22-18(14)13-27(23(28)26-22)17-8-5-15(6-9-17)25-16-7-11-20(29-2)19(24)12-16;/h4,7,10-12,15,17H,5-6,8-9,13H2,1-3H3,(H,26,28);/q-1;+1. The van der Waals surface area contributed by atoms with Crippen molar-refractivity contribution in [1.29, 1.82) is 0 Å². The van der Waals surface area contributed by atoms with Crippen molar-refractivity contribution >= 4 is 29.0 Å². The van der Waals surface area contributed by atoms with Gasteiger partial charge in [0.1, 0.15) is 11.5 Å². The summed E-state index contributed by atoms with van der Waals surface area (Å²) in [6.45, 7) is 2.69. The summed E-state index contributed by atoms with van der Waals surface area (Å²) in [5.41, 5.74) is 3.97. The first-order chi connectivity index (χ1) is 14.5. The third kappa shape index (κ3) is 5.34. The van der Waals surface area contributed by atoms with Crippen LogP contribution in [0.1, 0.15) is 36.8 Å². The summed E-state index contributed by atoms with van der Waals surface area (Å²) in [6, 6.07) is 9.99. The zero-order chi connectivity index (χ0) is 21.3. The van der Waals surface area contributed by atoms with Gasteiger partial charge < -0.3 is 25.0 Å². The number of aryl methyl sites for hydroxylation is 1. The first-order valence-corrected chi connectivity index (χ1v) is 10.7. The molecule has 1 saturated carbocycles. The minimum Gasteiger partial charge on any atom is -0.682 e. The van der Waals surface area contributed by atoms with Gasteiger partial charge in [-0.05, 0) is 37.5 Å².